The van der Waals surface area contributed by atoms with Crippen molar-refractivity contribution in [1.29, 1.82) is 10.5 Å². The number of aromatic nitrogens is 3. The molecule has 0 aromatic carbocycles. The van der Waals surface area contributed by atoms with Gasteiger partial charge in [0.1, 0.15) is 0 Å². The van der Waals surface area contributed by atoms with Crippen molar-refractivity contribution in [3.63, 3.8) is 0 Å². The van der Waals surface area contributed by atoms with Crippen LogP contribution in [-0.4, -0.2) is 22.1 Å². The number of anilines is 1. The summed E-state index contributed by atoms with van der Waals surface area (Å²) in [4.78, 5) is 11.0. The van der Waals surface area contributed by atoms with E-state index < -0.39 is 5.92 Å². The highest BCUT2D eigenvalue weighted by molar-refractivity contribution is 5.26. The van der Waals surface area contributed by atoms with E-state index in [1.54, 1.807) is 12.1 Å². The monoisotopic (exact) mass is 190 g/mol. The lowest BCUT2D eigenvalue weighted by atomic mass is 10.2. The molecular formula is C7H6N6O. The zero-order chi connectivity index (χ0) is 10.6. The predicted octanol–water partition coefficient (Wildman–Crippen LogP) is -0.407. The first-order valence-electron chi connectivity index (χ1n) is 3.56. The number of hydrogen-bond acceptors (Lipinski definition) is 7. The first-order valence-corrected chi connectivity index (χ1v) is 3.56. The Labute approximate surface area is 79.8 Å². The first kappa shape index (κ1) is 9.68. The lowest BCUT2D eigenvalue weighted by Crippen LogP contribution is -2.07. The van der Waals surface area contributed by atoms with Gasteiger partial charge in [0.05, 0.1) is 19.2 Å². The molecule has 0 spiro atoms. The topological polar surface area (TPSA) is 121 Å². The van der Waals surface area contributed by atoms with Gasteiger partial charge in [-0.2, -0.15) is 25.5 Å². The Morgan fingerprint density at radius 1 is 1.29 bits per heavy atom. The van der Waals surface area contributed by atoms with E-state index in [2.05, 4.69) is 15.0 Å². The van der Waals surface area contributed by atoms with Crippen LogP contribution in [0.25, 0.3) is 0 Å². The van der Waals surface area contributed by atoms with Crippen molar-refractivity contribution in [2.75, 3.05) is 12.8 Å². The zero-order valence-electron chi connectivity index (χ0n) is 7.30. The fraction of sp³-hybridized carbons (Fsp3) is 0.286. The Balaban J connectivity index is 3.17. The molecule has 0 radical (unpaired) electrons. The summed E-state index contributed by atoms with van der Waals surface area (Å²) in [6.07, 6.45) is 0. The molecule has 0 bridgehead atoms. The zero-order valence-corrected chi connectivity index (χ0v) is 7.30. The fourth-order valence-corrected chi connectivity index (χ4v) is 0.753. The van der Waals surface area contributed by atoms with Crippen LogP contribution in [0.15, 0.2) is 0 Å². The van der Waals surface area contributed by atoms with Crippen molar-refractivity contribution >= 4 is 5.95 Å². The summed E-state index contributed by atoms with van der Waals surface area (Å²) in [5.74, 6) is -1.14. The molecule has 0 amide bonds. The van der Waals surface area contributed by atoms with Gasteiger partial charge < -0.3 is 10.5 Å². The summed E-state index contributed by atoms with van der Waals surface area (Å²) in [6, 6.07) is 3.43. The summed E-state index contributed by atoms with van der Waals surface area (Å²) >= 11 is 0. The van der Waals surface area contributed by atoms with Crippen molar-refractivity contribution in [1.82, 2.24) is 15.0 Å². The number of nitriles is 2. The van der Waals surface area contributed by atoms with Crippen molar-refractivity contribution in [2.45, 2.75) is 5.92 Å². The Kier molecular flexibility index (Phi) is 2.77. The van der Waals surface area contributed by atoms with Gasteiger partial charge in [-0.05, 0) is 0 Å². The van der Waals surface area contributed by atoms with E-state index in [0.29, 0.717) is 0 Å². The van der Waals surface area contributed by atoms with Gasteiger partial charge >= 0.3 is 6.01 Å². The molecule has 2 N–H and O–H groups in total. The number of rotatable bonds is 2. The van der Waals surface area contributed by atoms with Gasteiger partial charge in [-0.15, -0.1) is 0 Å². The second-order valence-corrected chi connectivity index (χ2v) is 2.23. The van der Waals surface area contributed by atoms with E-state index in [-0.39, 0.29) is 17.8 Å². The number of hydrogen-bond donors (Lipinski definition) is 1. The molecule has 1 aromatic heterocycles. The average molecular weight is 190 g/mol. The van der Waals surface area contributed by atoms with Gasteiger partial charge in [-0.3, -0.25) is 0 Å². The molecule has 0 saturated carbocycles. The average Bonchev–Trinajstić information content (AvgIpc) is 2.19. The van der Waals surface area contributed by atoms with Gasteiger partial charge in [0.2, 0.25) is 5.95 Å². The molecule has 0 aliphatic carbocycles. The molecule has 1 rings (SSSR count). The van der Waals surface area contributed by atoms with Crippen molar-refractivity contribution in [3.8, 4) is 18.1 Å². The Morgan fingerprint density at radius 2 is 1.93 bits per heavy atom. The van der Waals surface area contributed by atoms with E-state index in [1.165, 1.54) is 7.11 Å². The van der Waals surface area contributed by atoms with Gasteiger partial charge in [-0.1, -0.05) is 0 Å². The lowest BCUT2D eigenvalue weighted by Gasteiger charge is -2.02. The minimum Gasteiger partial charge on any atom is -0.467 e. The standard InChI is InChI=1S/C7H6N6O/c1-14-7-12-5(4(2-8)3-9)11-6(10)13-7/h4H,1H3,(H2,10,11,12,13). The summed E-state index contributed by atoms with van der Waals surface area (Å²) in [5, 5.41) is 17.2. The summed E-state index contributed by atoms with van der Waals surface area (Å²) in [7, 11) is 1.35. The molecule has 0 unspecified atom stereocenters. The van der Waals surface area contributed by atoms with Crippen LogP contribution in [0, 0.1) is 22.7 Å². The van der Waals surface area contributed by atoms with Crippen molar-refractivity contribution < 1.29 is 4.74 Å². The lowest BCUT2D eigenvalue weighted by molar-refractivity contribution is 0.376. The third kappa shape index (κ3) is 1.84. The molecule has 7 heteroatoms. The molecule has 0 fully saturated rings. The normalized spacial score (nSPS) is 9.14. The van der Waals surface area contributed by atoms with E-state index in [0.717, 1.165) is 0 Å². The second kappa shape index (κ2) is 4.01. The Bertz CT molecular complexity index is 403. The van der Waals surface area contributed by atoms with E-state index >= 15 is 0 Å². The van der Waals surface area contributed by atoms with Crippen LogP contribution < -0.4 is 10.5 Å². The minimum absolute atomic E-state index is 0.000602. The highest BCUT2D eigenvalue weighted by Gasteiger charge is 2.15. The maximum atomic E-state index is 8.58. The number of nitrogen functional groups attached to an aromatic ring is 1. The van der Waals surface area contributed by atoms with Crippen LogP contribution in [0.5, 0.6) is 6.01 Å². The number of nitrogens with zero attached hydrogens (tertiary/aromatic N) is 5. The second-order valence-electron chi connectivity index (χ2n) is 2.23. The van der Waals surface area contributed by atoms with Gasteiger partial charge in [-0.25, -0.2) is 0 Å². The summed E-state index contributed by atoms with van der Waals surface area (Å²) in [6.45, 7) is 0. The first-order chi connectivity index (χ1) is 6.71. The van der Waals surface area contributed by atoms with Crippen molar-refractivity contribution in [3.05, 3.63) is 5.82 Å². The SMILES string of the molecule is COc1nc(N)nc(C(C#N)C#N)n1. The quantitative estimate of drug-likeness (QED) is 0.672. The molecule has 0 aliphatic rings. The molecule has 70 valence electrons. The van der Waals surface area contributed by atoms with Crippen LogP contribution in [0.4, 0.5) is 5.95 Å². The van der Waals surface area contributed by atoms with E-state index in [4.69, 9.17) is 21.0 Å². The third-order valence-electron chi connectivity index (χ3n) is 1.35. The van der Waals surface area contributed by atoms with Crippen LogP contribution in [0.1, 0.15) is 11.7 Å². The van der Waals surface area contributed by atoms with Crippen LogP contribution >= 0.6 is 0 Å². The van der Waals surface area contributed by atoms with Crippen LogP contribution in [0.3, 0.4) is 0 Å². The summed E-state index contributed by atoms with van der Waals surface area (Å²) in [5.41, 5.74) is 5.32. The molecule has 0 saturated heterocycles. The fourth-order valence-electron chi connectivity index (χ4n) is 0.753. The van der Waals surface area contributed by atoms with E-state index in [9.17, 15) is 0 Å². The van der Waals surface area contributed by atoms with Crippen molar-refractivity contribution in [2.24, 2.45) is 0 Å². The highest BCUT2D eigenvalue weighted by Crippen LogP contribution is 2.12. The number of methoxy groups -OCH3 is 1. The van der Waals surface area contributed by atoms with Gasteiger partial charge in [0, 0.05) is 0 Å². The molecule has 0 aliphatic heterocycles. The largest absolute Gasteiger partial charge is 0.467 e. The number of nitrogens with two attached hydrogens (primary N) is 1. The molecule has 7 nitrogen and oxygen atoms in total. The molecule has 0 atom stereocenters. The highest BCUT2D eigenvalue weighted by atomic mass is 16.5. The smallest absolute Gasteiger partial charge is 0.321 e. The van der Waals surface area contributed by atoms with Gasteiger partial charge in [0.25, 0.3) is 0 Å². The third-order valence-corrected chi connectivity index (χ3v) is 1.35. The minimum atomic E-state index is -1.06. The Hall–Kier alpha value is -2.41. The molecule has 14 heavy (non-hydrogen) atoms. The van der Waals surface area contributed by atoms with Crippen LogP contribution in [0.2, 0.25) is 0 Å². The van der Waals surface area contributed by atoms with Crippen LogP contribution in [-0.2, 0) is 0 Å². The number of ether oxygens (including phenoxy) is 1. The predicted molar refractivity (Wildman–Crippen MR) is 44.8 cm³/mol. The maximum Gasteiger partial charge on any atom is 0.321 e. The summed E-state index contributed by atoms with van der Waals surface area (Å²) < 4.78 is 4.71. The van der Waals surface area contributed by atoms with Gasteiger partial charge in [0.15, 0.2) is 11.7 Å². The van der Waals surface area contributed by atoms with E-state index in [1.807, 2.05) is 0 Å². The molecule has 1 aromatic rings. The molecule has 1 heterocycles. The molecular weight excluding hydrogens is 184 g/mol. The maximum absolute atomic E-state index is 8.58. The Morgan fingerprint density at radius 3 is 2.43 bits per heavy atom.